The van der Waals surface area contributed by atoms with Crippen molar-refractivity contribution in [2.24, 2.45) is 5.84 Å². The lowest BCUT2D eigenvalue weighted by Gasteiger charge is -2.16. The lowest BCUT2D eigenvalue weighted by atomic mass is 10.0. The maximum atomic E-state index is 6.06. The number of aryl methyl sites for hydroxylation is 2. The fourth-order valence-electron chi connectivity index (χ4n) is 2.08. The van der Waals surface area contributed by atoms with Gasteiger partial charge in [-0.25, -0.2) is 0 Å². The Morgan fingerprint density at radius 1 is 1.26 bits per heavy atom. The van der Waals surface area contributed by atoms with E-state index in [9.17, 15) is 0 Å². The van der Waals surface area contributed by atoms with Crippen molar-refractivity contribution in [3.8, 4) is 0 Å². The molecule has 3 N–H and O–H groups in total. The van der Waals surface area contributed by atoms with E-state index < -0.39 is 0 Å². The van der Waals surface area contributed by atoms with Gasteiger partial charge in [-0.3, -0.25) is 11.3 Å². The number of nitrogens with two attached hydrogens (primary N) is 1. The summed E-state index contributed by atoms with van der Waals surface area (Å²) in [6, 6.07) is 10.6. The Hall–Kier alpha value is -0.870. The Bertz CT molecular complexity index is 551. The molecule has 0 bridgehead atoms. The van der Waals surface area contributed by atoms with E-state index in [1.807, 2.05) is 30.4 Å². The minimum atomic E-state index is 0.124. The van der Waals surface area contributed by atoms with E-state index in [-0.39, 0.29) is 6.04 Å². The molecule has 2 nitrogen and oxygen atoms in total. The van der Waals surface area contributed by atoms with Gasteiger partial charge in [0.15, 0.2) is 0 Å². The summed E-state index contributed by atoms with van der Waals surface area (Å²) in [5.41, 5.74) is 5.16. The number of rotatable bonds is 5. The van der Waals surface area contributed by atoms with Gasteiger partial charge in [-0.2, -0.15) is 0 Å². The molecule has 2 aromatic rings. The summed E-state index contributed by atoms with van der Waals surface area (Å²) in [5, 5.41) is 0.795. The molecule has 1 aromatic heterocycles. The first kappa shape index (κ1) is 14.5. The van der Waals surface area contributed by atoms with Crippen LogP contribution in [-0.4, -0.2) is 0 Å². The van der Waals surface area contributed by atoms with Crippen molar-refractivity contribution in [1.82, 2.24) is 5.43 Å². The van der Waals surface area contributed by atoms with E-state index in [0.29, 0.717) is 0 Å². The Labute approximate surface area is 123 Å². The highest BCUT2D eigenvalue weighted by atomic mass is 35.5. The predicted octanol–water partition coefficient (Wildman–Crippen LogP) is 4.02. The average Bonchev–Trinajstić information content (AvgIpc) is 2.87. The third kappa shape index (κ3) is 3.57. The number of nitrogens with one attached hydrogen (secondary N) is 1. The summed E-state index contributed by atoms with van der Waals surface area (Å²) in [5.74, 6) is 5.70. The number of halogens is 1. The zero-order valence-electron chi connectivity index (χ0n) is 11.2. The smallest absolute Gasteiger partial charge is 0.0508 e. The molecule has 0 fully saturated rings. The molecule has 102 valence electrons. The molecule has 1 aromatic carbocycles. The van der Waals surface area contributed by atoms with Crippen LogP contribution in [-0.2, 0) is 12.8 Å². The lowest BCUT2D eigenvalue weighted by molar-refractivity contribution is 0.555. The minimum absolute atomic E-state index is 0.124. The van der Waals surface area contributed by atoms with Crippen molar-refractivity contribution in [1.29, 1.82) is 0 Å². The van der Waals surface area contributed by atoms with Crippen LogP contribution in [0.1, 0.15) is 33.8 Å². The molecule has 0 amide bonds. The van der Waals surface area contributed by atoms with Gasteiger partial charge in [0.25, 0.3) is 0 Å². The highest BCUT2D eigenvalue weighted by Crippen LogP contribution is 2.26. The maximum absolute atomic E-state index is 6.06. The first-order chi connectivity index (χ1) is 9.13. The standard InChI is InChI=1S/C15H19ClN2S/c1-3-12-5-6-13(19-12)9-15(18-17)11-4-7-14(16)10(2)8-11/h4-8,15,18H,3,9,17H2,1-2H3. The van der Waals surface area contributed by atoms with Gasteiger partial charge in [0, 0.05) is 21.2 Å². The van der Waals surface area contributed by atoms with Gasteiger partial charge in [-0.15, -0.1) is 11.3 Å². The minimum Gasteiger partial charge on any atom is -0.271 e. The van der Waals surface area contributed by atoms with Crippen LogP contribution >= 0.6 is 22.9 Å². The quantitative estimate of drug-likeness (QED) is 0.646. The van der Waals surface area contributed by atoms with Crippen LogP contribution in [0.2, 0.25) is 5.02 Å². The van der Waals surface area contributed by atoms with Crippen molar-refractivity contribution < 1.29 is 0 Å². The summed E-state index contributed by atoms with van der Waals surface area (Å²) in [4.78, 5) is 2.77. The molecule has 0 spiro atoms. The van der Waals surface area contributed by atoms with Gasteiger partial charge < -0.3 is 0 Å². The second-order valence-corrected chi connectivity index (χ2v) is 6.31. The number of hydrogen-bond donors (Lipinski definition) is 2. The molecule has 0 saturated heterocycles. The maximum Gasteiger partial charge on any atom is 0.0508 e. The second kappa shape index (κ2) is 6.53. The van der Waals surface area contributed by atoms with Crippen LogP contribution in [0.5, 0.6) is 0 Å². The summed E-state index contributed by atoms with van der Waals surface area (Å²) in [6.45, 7) is 4.19. The Morgan fingerprint density at radius 2 is 2.00 bits per heavy atom. The van der Waals surface area contributed by atoms with E-state index in [2.05, 4.69) is 30.5 Å². The molecule has 4 heteroatoms. The van der Waals surface area contributed by atoms with E-state index in [1.54, 1.807) is 0 Å². The van der Waals surface area contributed by atoms with Gasteiger partial charge in [-0.05, 0) is 42.7 Å². The Kier molecular flexibility index (Phi) is 4.99. The number of hydrazine groups is 1. The van der Waals surface area contributed by atoms with Gasteiger partial charge >= 0.3 is 0 Å². The normalized spacial score (nSPS) is 12.6. The van der Waals surface area contributed by atoms with Crippen LogP contribution in [0.15, 0.2) is 30.3 Å². The zero-order chi connectivity index (χ0) is 13.8. The monoisotopic (exact) mass is 294 g/mol. The largest absolute Gasteiger partial charge is 0.271 e. The van der Waals surface area contributed by atoms with Crippen molar-refractivity contribution in [3.63, 3.8) is 0 Å². The van der Waals surface area contributed by atoms with Gasteiger partial charge in [0.2, 0.25) is 0 Å². The highest BCUT2D eigenvalue weighted by Gasteiger charge is 2.13. The fraction of sp³-hybridized carbons (Fsp3) is 0.333. The van der Waals surface area contributed by atoms with Gasteiger partial charge in [0.1, 0.15) is 0 Å². The third-order valence-electron chi connectivity index (χ3n) is 3.26. The van der Waals surface area contributed by atoms with Crippen molar-refractivity contribution in [2.45, 2.75) is 32.7 Å². The average molecular weight is 295 g/mol. The molecule has 2 rings (SSSR count). The molecule has 1 atom stereocenters. The topological polar surface area (TPSA) is 38.0 Å². The summed E-state index contributed by atoms with van der Waals surface area (Å²) >= 11 is 7.92. The molecule has 1 unspecified atom stereocenters. The first-order valence-corrected chi connectivity index (χ1v) is 7.63. The number of thiophene rings is 1. The number of hydrogen-bond acceptors (Lipinski definition) is 3. The van der Waals surface area contributed by atoms with E-state index >= 15 is 0 Å². The van der Waals surface area contributed by atoms with Gasteiger partial charge in [0.05, 0.1) is 6.04 Å². The highest BCUT2D eigenvalue weighted by molar-refractivity contribution is 7.11. The fourth-order valence-corrected chi connectivity index (χ4v) is 3.20. The molecule has 0 aliphatic rings. The Morgan fingerprint density at radius 3 is 2.58 bits per heavy atom. The molecule has 0 aliphatic heterocycles. The van der Waals surface area contributed by atoms with Crippen LogP contribution in [0.4, 0.5) is 0 Å². The Balaban J connectivity index is 2.17. The van der Waals surface area contributed by atoms with Crippen LogP contribution < -0.4 is 11.3 Å². The van der Waals surface area contributed by atoms with Gasteiger partial charge in [-0.1, -0.05) is 30.7 Å². The molecule has 19 heavy (non-hydrogen) atoms. The molecule has 0 aliphatic carbocycles. The second-order valence-electron chi connectivity index (χ2n) is 4.65. The van der Waals surface area contributed by atoms with Crippen LogP contribution in [0.25, 0.3) is 0 Å². The number of benzene rings is 1. The predicted molar refractivity (Wildman–Crippen MR) is 83.7 cm³/mol. The van der Waals surface area contributed by atoms with Crippen LogP contribution in [0.3, 0.4) is 0 Å². The van der Waals surface area contributed by atoms with E-state index in [0.717, 1.165) is 23.4 Å². The summed E-state index contributed by atoms with van der Waals surface area (Å²) < 4.78 is 0. The lowest BCUT2D eigenvalue weighted by Crippen LogP contribution is -2.29. The third-order valence-corrected chi connectivity index (χ3v) is 4.93. The van der Waals surface area contributed by atoms with Crippen molar-refractivity contribution in [3.05, 3.63) is 56.2 Å². The van der Waals surface area contributed by atoms with E-state index in [4.69, 9.17) is 17.4 Å². The molecular weight excluding hydrogens is 276 g/mol. The SMILES string of the molecule is CCc1ccc(CC(NN)c2ccc(Cl)c(C)c2)s1. The molecular formula is C15H19ClN2S. The molecule has 0 saturated carbocycles. The van der Waals surface area contributed by atoms with E-state index in [1.165, 1.54) is 15.3 Å². The van der Waals surface area contributed by atoms with Crippen molar-refractivity contribution in [2.75, 3.05) is 0 Å². The summed E-state index contributed by atoms with van der Waals surface area (Å²) in [6.07, 6.45) is 1.99. The van der Waals surface area contributed by atoms with Crippen molar-refractivity contribution >= 4 is 22.9 Å². The zero-order valence-corrected chi connectivity index (χ0v) is 12.8. The first-order valence-electron chi connectivity index (χ1n) is 6.43. The van der Waals surface area contributed by atoms with Crippen LogP contribution in [0, 0.1) is 6.92 Å². The molecule has 1 heterocycles. The molecule has 0 radical (unpaired) electrons. The summed E-state index contributed by atoms with van der Waals surface area (Å²) in [7, 11) is 0.